The molecule has 0 aliphatic heterocycles. The molecule has 0 heterocycles. The first-order chi connectivity index (χ1) is 8.39. The van der Waals surface area contributed by atoms with Crippen molar-refractivity contribution in [1.82, 2.24) is 0 Å². The standard InChI is InChI=1S/C16H22F2/c1-16(2,3)12-9-7-11(8-10-12)15-13(17)5-4-6-14(15)18/h4-6,11-12H,7-10H2,1-3H3. The SMILES string of the molecule is CC(C)(C)C1CCC(c2c(F)cccc2F)CC1. The molecule has 1 fully saturated rings. The summed E-state index contributed by atoms with van der Waals surface area (Å²) >= 11 is 0. The van der Waals surface area contributed by atoms with Crippen molar-refractivity contribution in [3.8, 4) is 0 Å². The molecule has 0 radical (unpaired) electrons. The zero-order chi connectivity index (χ0) is 13.3. The summed E-state index contributed by atoms with van der Waals surface area (Å²) < 4.78 is 27.5. The predicted octanol–water partition coefficient (Wildman–Crippen LogP) is 5.28. The first-order valence-electron chi connectivity index (χ1n) is 6.83. The van der Waals surface area contributed by atoms with Crippen LogP contribution in [0.1, 0.15) is 57.9 Å². The molecular formula is C16H22F2. The fourth-order valence-corrected chi connectivity index (χ4v) is 3.15. The van der Waals surface area contributed by atoms with Crippen LogP contribution in [0.2, 0.25) is 0 Å². The van der Waals surface area contributed by atoms with Crippen molar-refractivity contribution in [3.05, 3.63) is 35.4 Å². The molecule has 0 nitrogen and oxygen atoms in total. The summed E-state index contributed by atoms with van der Waals surface area (Å²) in [5, 5.41) is 0. The van der Waals surface area contributed by atoms with Gasteiger partial charge in [0.15, 0.2) is 0 Å². The van der Waals surface area contributed by atoms with Crippen molar-refractivity contribution in [2.45, 2.75) is 52.4 Å². The van der Waals surface area contributed by atoms with E-state index in [1.165, 1.54) is 18.2 Å². The number of rotatable bonds is 1. The maximum absolute atomic E-state index is 13.7. The van der Waals surface area contributed by atoms with Crippen LogP contribution < -0.4 is 0 Å². The summed E-state index contributed by atoms with van der Waals surface area (Å²) in [6.45, 7) is 6.75. The first kappa shape index (κ1) is 13.5. The van der Waals surface area contributed by atoms with Crippen molar-refractivity contribution in [2.75, 3.05) is 0 Å². The maximum atomic E-state index is 13.7. The number of benzene rings is 1. The van der Waals surface area contributed by atoms with Gasteiger partial charge in [-0.2, -0.15) is 0 Å². The quantitative estimate of drug-likeness (QED) is 0.637. The Labute approximate surface area is 108 Å². The van der Waals surface area contributed by atoms with Gasteiger partial charge in [-0.1, -0.05) is 26.8 Å². The van der Waals surface area contributed by atoms with E-state index in [9.17, 15) is 8.78 Å². The fraction of sp³-hybridized carbons (Fsp3) is 0.625. The lowest BCUT2D eigenvalue weighted by Crippen LogP contribution is -2.25. The van der Waals surface area contributed by atoms with Crippen LogP contribution in [0.5, 0.6) is 0 Å². The molecule has 1 aromatic rings. The van der Waals surface area contributed by atoms with Gasteiger partial charge in [0, 0.05) is 5.56 Å². The third-order valence-corrected chi connectivity index (χ3v) is 4.36. The van der Waals surface area contributed by atoms with Gasteiger partial charge in [0.1, 0.15) is 11.6 Å². The van der Waals surface area contributed by atoms with Crippen LogP contribution in [-0.4, -0.2) is 0 Å². The van der Waals surface area contributed by atoms with E-state index < -0.39 is 0 Å². The Morgan fingerprint density at radius 1 is 0.944 bits per heavy atom. The van der Waals surface area contributed by atoms with Gasteiger partial charge in [-0.15, -0.1) is 0 Å². The van der Waals surface area contributed by atoms with Gasteiger partial charge in [0.05, 0.1) is 0 Å². The molecule has 100 valence electrons. The normalized spacial score (nSPS) is 25.2. The molecule has 1 aromatic carbocycles. The van der Waals surface area contributed by atoms with Gasteiger partial charge in [0.2, 0.25) is 0 Å². The van der Waals surface area contributed by atoms with Crippen LogP contribution in [0, 0.1) is 23.0 Å². The molecule has 1 aliphatic carbocycles. The van der Waals surface area contributed by atoms with Crippen LogP contribution in [0.25, 0.3) is 0 Å². The van der Waals surface area contributed by atoms with Crippen LogP contribution in [0.15, 0.2) is 18.2 Å². The molecule has 2 rings (SSSR count). The summed E-state index contributed by atoms with van der Waals surface area (Å²) in [5.41, 5.74) is 0.614. The molecule has 0 atom stereocenters. The predicted molar refractivity (Wildman–Crippen MR) is 70.5 cm³/mol. The van der Waals surface area contributed by atoms with Gasteiger partial charge >= 0.3 is 0 Å². The summed E-state index contributed by atoms with van der Waals surface area (Å²) in [7, 11) is 0. The number of hydrogen-bond donors (Lipinski definition) is 0. The molecule has 0 saturated heterocycles. The van der Waals surface area contributed by atoms with Gasteiger partial charge in [-0.3, -0.25) is 0 Å². The highest BCUT2D eigenvalue weighted by Crippen LogP contribution is 2.44. The third-order valence-electron chi connectivity index (χ3n) is 4.36. The van der Waals surface area contributed by atoms with Crippen molar-refractivity contribution >= 4 is 0 Å². The third kappa shape index (κ3) is 2.73. The zero-order valence-electron chi connectivity index (χ0n) is 11.5. The van der Waals surface area contributed by atoms with E-state index >= 15 is 0 Å². The van der Waals surface area contributed by atoms with Crippen LogP contribution in [-0.2, 0) is 0 Å². The van der Waals surface area contributed by atoms with Crippen molar-refractivity contribution in [1.29, 1.82) is 0 Å². The van der Waals surface area contributed by atoms with Gasteiger partial charge in [0.25, 0.3) is 0 Å². The summed E-state index contributed by atoms with van der Waals surface area (Å²) in [4.78, 5) is 0. The van der Waals surface area contributed by atoms with Gasteiger partial charge in [-0.25, -0.2) is 8.78 Å². The van der Waals surface area contributed by atoms with E-state index in [2.05, 4.69) is 20.8 Å². The van der Waals surface area contributed by atoms with Gasteiger partial charge < -0.3 is 0 Å². The average Bonchev–Trinajstić information content (AvgIpc) is 2.28. The van der Waals surface area contributed by atoms with Crippen LogP contribution >= 0.6 is 0 Å². The largest absolute Gasteiger partial charge is 0.207 e. The Morgan fingerprint density at radius 3 is 1.89 bits per heavy atom. The minimum atomic E-state index is -0.380. The van der Waals surface area contributed by atoms with Crippen molar-refractivity contribution in [3.63, 3.8) is 0 Å². The van der Waals surface area contributed by atoms with Crippen LogP contribution in [0.3, 0.4) is 0 Å². The molecule has 0 spiro atoms. The van der Waals surface area contributed by atoms with Crippen molar-refractivity contribution < 1.29 is 8.78 Å². The van der Waals surface area contributed by atoms with E-state index in [4.69, 9.17) is 0 Å². The molecule has 0 N–H and O–H groups in total. The Hall–Kier alpha value is -0.920. The molecule has 1 aliphatic rings. The summed E-state index contributed by atoms with van der Waals surface area (Å²) in [6.07, 6.45) is 3.95. The monoisotopic (exact) mass is 252 g/mol. The minimum Gasteiger partial charge on any atom is -0.207 e. The Bertz CT molecular complexity index is 389. The second kappa shape index (κ2) is 4.99. The Morgan fingerprint density at radius 2 is 1.44 bits per heavy atom. The number of halogens is 2. The molecular weight excluding hydrogens is 230 g/mol. The average molecular weight is 252 g/mol. The van der Waals surface area contributed by atoms with Crippen molar-refractivity contribution in [2.24, 2.45) is 11.3 Å². The number of hydrogen-bond acceptors (Lipinski definition) is 0. The van der Waals surface area contributed by atoms with E-state index in [1.807, 2.05) is 0 Å². The lowest BCUT2D eigenvalue weighted by molar-refractivity contribution is 0.167. The highest BCUT2D eigenvalue weighted by Gasteiger charge is 2.32. The molecule has 1 saturated carbocycles. The second-order valence-electron chi connectivity index (χ2n) is 6.55. The topological polar surface area (TPSA) is 0 Å². The van der Waals surface area contributed by atoms with E-state index in [-0.39, 0.29) is 17.6 Å². The Balaban J connectivity index is 2.11. The molecule has 0 aromatic heterocycles. The highest BCUT2D eigenvalue weighted by atomic mass is 19.1. The molecule has 0 amide bonds. The van der Waals surface area contributed by atoms with Gasteiger partial charge in [-0.05, 0) is 55.1 Å². The second-order valence-corrected chi connectivity index (χ2v) is 6.55. The highest BCUT2D eigenvalue weighted by molar-refractivity contribution is 5.24. The molecule has 2 heteroatoms. The smallest absolute Gasteiger partial charge is 0.129 e. The molecule has 0 unspecified atom stereocenters. The van der Waals surface area contributed by atoms with E-state index in [1.54, 1.807) is 0 Å². The summed E-state index contributed by atoms with van der Waals surface area (Å²) in [6, 6.07) is 4.18. The van der Waals surface area contributed by atoms with Crippen LogP contribution in [0.4, 0.5) is 8.78 Å². The zero-order valence-corrected chi connectivity index (χ0v) is 11.5. The maximum Gasteiger partial charge on any atom is 0.129 e. The fourth-order valence-electron chi connectivity index (χ4n) is 3.15. The minimum absolute atomic E-state index is 0.0600. The van der Waals surface area contributed by atoms with E-state index in [0.717, 1.165) is 25.7 Å². The lowest BCUT2D eigenvalue weighted by atomic mass is 9.68. The first-order valence-corrected chi connectivity index (χ1v) is 6.83. The summed E-state index contributed by atoms with van der Waals surface area (Å²) in [5.74, 6) is -0.0307. The molecule has 0 bridgehead atoms. The molecule has 18 heavy (non-hydrogen) atoms. The van der Waals surface area contributed by atoms with E-state index in [0.29, 0.717) is 16.9 Å². The lowest BCUT2D eigenvalue weighted by Gasteiger charge is -2.37. The Kier molecular flexibility index (Phi) is 3.74.